The van der Waals surface area contributed by atoms with Crippen LogP contribution in [0.3, 0.4) is 0 Å². The van der Waals surface area contributed by atoms with Gasteiger partial charge in [-0.05, 0) is 31.6 Å². The van der Waals surface area contributed by atoms with Gasteiger partial charge in [0.15, 0.2) is 0 Å². The molecule has 4 nitrogen and oxygen atoms in total. The molecule has 0 bridgehead atoms. The molecule has 0 amide bonds. The van der Waals surface area contributed by atoms with E-state index >= 15 is 0 Å². The van der Waals surface area contributed by atoms with Crippen molar-refractivity contribution >= 4 is 0 Å². The molecular weight excluding hydrogens is 272 g/mol. The molecule has 0 spiro atoms. The average molecular weight is 304 g/mol. The number of rotatable bonds is 5. The van der Waals surface area contributed by atoms with E-state index in [1.54, 1.807) is 0 Å². The normalized spacial score (nSPS) is 23.7. The van der Waals surface area contributed by atoms with Crippen LogP contribution >= 0.6 is 0 Å². The SMILES string of the molecule is CC[C@H](C)CN1CCC(n2cc(C3CCCCC3)nn2)CC1. The van der Waals surface area contributed by atoms with E-state index in [0.717, 1.165) is 5.92 Å². The monoisotopic (exact) mass is 304 g/mol. The van der Waals surface area contributed by atoms with E-state index in [2.05, 4.69) is 39.9 Å². The van der Waals surface area contributed by atoms with Crippen molar-refractivity contribution in [3.05, 3.63) is 11.9 Å². The van der Waals surface area contributed by atoms with Crippen LogP contribution in [-0.2, 0) is 0 Å². The van der Waals surface area contributed by atoms with E-state index < -0.39 is 0 Å². The molecule has 2 heterocycles. The van der Waals surface area contributed by atoms with Gasteiger partial charge in [-0.25, -0.2) is 4.68 Å². The predicted molar refractivity (Wildman–Crippen MR) is 90.0 cm³/mol. The first-order chi connectivity index (χ1) is 10.8. The highest BCUT2D eigenvalue weighted by Crippen LogP contribution is 2.32. The summed E-state index contributed by atoms with van der Waals surface area (Å²) in [4.78, 5) is 2.63. The first-order valence-corrected chi connectivity index (χ1v) is 9.40. The van der Waals surface area contributed by atoms with Gasteiger partial charge in [-0.1, -0.05) is 44.7 Å². The molecule has 4 heteroatoms. The van der Waals surface area contributed by atoms with Crippen LogP contribution in [0.1, 0.15) is 82.9 Å². The minimum absolute atomic E-state index is 0.568. The Hall–Kier alpha value is -0.900. The Morgan fingerprint density at radius 1 is 1.14 bits per heavy atom. The van der Waals surface area contributed by atoms with Crippen molar-refractivity contribution in [1.29, 1.82) is 0 Å². The molecule has 1 aromatic heterocycles. The summed E-state index contributed by atoms with van der Waals surface area (Å²) >= 11 is 0. The van der Waals surface area contributed by atoms with E-state index in [4.69, 9.17) is 0 Å². The highest BCUT2D eigenvalue weighted by molar-refractivity contribution is 5.03. The maximum Gasteiger partial charge on any atom is 0.0858 e. The third kappa shape index (κ3) is 3.89. The molecule has 0 unspecified atom stereocenters. The highest BCUT2D eigenvalue weighted by Gasteiger charge is 2.24. The third-order valence-electron chi connectivity index (χ3n) is 5.75. The second-order valence-corrected chi connectivity index (χ2v) is 7.50. The van der Waals surface area contributed by atoms with E-state index in [9.17, 15) is 0 Å². The van der Waals surface area contributed by atoms with Gasteiger partial charge >= 0.3 is 0 Å². The third-order valence-corrected chi connectivity index (χ3v) is 5.75. The number of hydrogen-bond acceptors (Lipinski definition) is 3. The lowest BCUT2D eigenvalue weighted by Crippen LogP contribution is -2.37. The lowest BCUT2D eigenvalue weighted by molar-refractivity contribution is 0.159. The topological polar surface area (TPSA) is 34.0 Å². The fourth-order valence-corrected chi connectivity index (χ4v) is 3.99. The van der Waals surface area contributed by atoms with Gasteiger partial charge in [-0.2, -0.15) is 0 Å². The maximum absolute atomic E-state index is 4.50. The van der Waals surface area contributed by atoms with Gasteiger partial charge in [0.2, 0.25) is 0 Å². The summed E-state index contributed by atoms with van der Waals surface area (Å²) in [5.74, 6) is 1.49. The standard InChI is InChI=1S/C18H32N4/c1-3-15(2)13-21-11-9-17(10-12-21)22-14-18(19-20-22)16-7-5-4-6-8-16/h14-17H,3-13H2,1-2H3/t15-/m0/s1. The Labute approximate surface area is 135 Å². The van der Waals surface area contributed by atoms with Crippen molar-refractivity contribution in [1.82, 2.24) is 19.9 Å². The lowest BCUT2D eigenvalue weighted by atomic mass is 9.87. The van der Waals surface area contributed by atoms with Crippen LogP contribution in [0.5, 0.6) is 0 Å². The van der Waals surface area contributed by atoms with Crippen molar-refractivity contribution in [3.8, 4) is 0 Å². The summed E-state index contributed by atoms with van der Waals surface area (Å²) < 4.78 is 2.17. The Morgan fingerprint density at radius 2 is 1.86 bits per heavy atom. The summed E-state index contributed by atoms with van der Waals surface area (Å²) in [5.41, 5.74) is 1.25. The Morgan fingerprint density at radius 3 is 2.55 bits per heavy atom. The number of aromatic nitrogens is 3. The van der Waals surface area contributed by atoms with Crippen LogP contribution in [0.25, 0.3) is 0 Å². The summed E-state index contributed by atoms with van der Waals surface area (Å²) in [5, 5.41) is 8.96. The fraction of sp³-hybridized carbons (Fsp3) is 0.889. The van der Waals surface area contributed by atoms with Crippen molar-refractivity contribution < 1.29 is 0 Å². The first kappa shape index (κ1) is 16.0. The van der Waals surface area contributed by atoms with E-state index in [1.807, 2.05) is 0 Å². The summed E-state index contributed by atoms with van der Waals surface area (Å²) in [6.45, 7) is 8.34. The Kier molecular flexibility index (Phi) is 5.51. The van der Waals surface area contributed by atoms with Gasteiger partial charge in [0.1, 0.15) is 0 Å². The fourth-order valence-electron chi connectivity index (χ4n) is 3.99. The van der Waals surface area contributed by atoms with Gasteiger partial charge < -0.3 is 4.90 Å². The van der Waals surface area contributed by atoms with Crippen LogP contribution in [-0.4, -0.2) is 39.5 Å². The lowest BCUT2D eigenvalue weighted by Gasteiger charge is -2.33. The minimum atomic E-state index is 0.568. The molecular formula is C18H32N4. The van der Waals surface area contributed by atoms with Crippen molar-refractivity contribution in [2.24, 2.45) is 5.92 Å². The zero-order valence-corrected chi connectivity index (χ0v) is 14.4. The second-order valence-electron chi connectivity index (χ2n) is 7.50. The first-order valence-electron chi connectivity index (χ1n) is 9.40. The number of likely N-dealkylation sites (tertiary alicyclic amines) is 1. The van der Waals surface area contributed by atoms with Crippen LogP contribution < -0.4 is 0 Å². The quantitative estimate of drug-likeness (QED) is 0.824. The molecule has 0 aromatic carbocycles. The Bertz CT molecular complexity index is 442. The Balaban J connectivity index is 1.52. The molecule has 124 valence electrons. The molecule has 1 aliphatic heterocycles. The summed E-state index contributed by atoms with van der Waals surface area (Å²) in [6.07, 6.45) is 12.8. The molecule has 0 N–H and O–H groups in total. The van der Waals surface area contributed by atoms with Crippen molar-refractivity contribution in [3.63, 3.8) is 0 Å². The molecule has 0 radical (unpaired) electrons. The molecule has 1 saturated heterocycles. The number of piperidine rings is 1. The zero-order valence-electron chi connectivity index (χ0n) is 14.4. The largest absolute Gasteiger partial charge is 0.303 e. The van der Waals surface area contributed by atoms with Crippen LogP contribution in [0.15, 0.2) is 6.20 Å². The maximum atomic E-state index is 4.50. The molecule has 1 atom stereocenters. The van der Waals surface area contributed by atoms with Gasteiger partial charge in [0.25, 0.3) is 0 Å². The number of nitrogens with zero attached hydrogens (tertiary/aromatic N) is 4. The minimum Gasteiger partial charge on any atom is -0.303 e. The van der Waals surface area contributed by atoms with Crippen molar-refractivity contribution in [2.75, 3.05) is 19.6 Å². The van der Waals surface area contributed by atoms with Gasteiger partial charge in [-0.3, -0.25) is 0 Å². The molecule has 1 aliphatic carbocycles. The average Bonchev–Trinajstić information content (AvgIpc) is 3.06. The predicted octanol–water partition coefficient (Wildman–Crippen LogP) is 4.01. The second kappa shape index (κ2) is 7.58. The molecule has 22 heavy (non-hydrogen) atoms. The van der Waals surface area contributed by atoms with Crippen LogP contribution in [0.4, 0.5) is 0 Å². The van der Waals surface area contributed by atoms with Gasteiger partial charge in [0.05, 0.1) is 11.7 Å². The summed E-state index contributed by atoms with van der Waals surface area (Å²) in [6, 6.07) is 0.568. The van der Waals surface area contributed by atoms with E-state index in [1.165, 1.54) is 76.7 Å². The van der Waals surface area contributed by atoms with E-state index in [0.29, 0.717) is 12.0 Å². The van der Waals surface area contributed by atoms with Gasteiger partial charge in [0, 0.05) is 31.7 Å². The molecule has 2 aliphatic rings. The van der Waals surface area contributed by atoms with Crippen LogP contribution in [0, 0.1) is 5.92 Å². The molecule has 1 aromatic rings. The van der Waals surface area contributed by atoms with Gasteiger partial charge in [-0.15, -0.1) is 5.10 Å². The molecule has 2 fully saturated rings. The summed E-state index contributed by atoms with van der Waals surface area (Å²) in [7, 11) is 0. The molecule has 3 rings (SSSR count). The van der Waals surface area contributed by atoms with E-state index in [-0.39, 0.29) is 0 Å². The number of hydrogen-bond donors (Lipinski definition) is 0. The highest BCUT2D eigenvalue weighted by atomic mass is 15.4. The smallest absolute Gasteiger partial charge is 0.0858 e. The van der Waals surface area contributed by atoms with Crippen molar-refractivity contribution in [2.45, 2.75) is 77.2 Å². The zero-order chi connectivity index (χ0) is 15.4. The molecule has 1 saturated carbocycles. The van der Waals surface area contributed by atoms with Crippen LogP contribution in [0.2, 0.25) is 0 Å².